The molecule has 4 heteroatoms. The molecule has 0 amide bonds. The molecule has 0 radical (unpaired) electrons. The molecular weight excluding hydrogens is 206 g/mol. The molecule has 2 N–H and O–H groups in total. The molecule has 84 valence electrons. The Labute approximate surface area is 95.3 Å². The highest BCUT2D eigenvalue weighted by molar-refractivity contribution is 7.09. The largest absolute Gasteiger partial charge is 0.317 e. The third-order valence-electron chi connectivity index (χ3n) is 2.88. The Kier molecular flexibility index (Phi) is 4.11. The summed E-state index contributed by atoms with van der Waals surface area (Å²) in [6.45, 7) is 3.25. The molecule has 0 atom stereocenters. The normalized spacial score (nSPS) is 18.2. The van der Waals surface area contributed by atoms with Gasteiger partial charge >= 0.3 is 0 Å². The van der Waals surface area contributed by atoms with Gasteiger partial charge in [-0.3, -0.25) is 0 Å². The van der Waals surface area contributed by atoms with E-state index in [0.29, 0.717) is 0 Å². The molecule has 0 aromatic carbocycles. The molecule has 1 aromatic heterocycles. The van der Waals surface area contributed by atoms with Gasteiger partial charge < -0.3 is 10.6 Å². The van der Waals surface area contributed by atoms with E-state index in [1.807, 2.05) is 18.4 Å². The van der Waals surface area contributed by atoms with Crippen molar-refractivity contribution in [3.05, 3.63) is 16.1 Å². The molecule has 3 nitrogen and oxygen atoms in total. The van der Waals surface area contributed by atoms with Crippen LogP contribution in [0.4, 0.5) is 0 Å². The first-order valence-electron chi connectivity index (χ1n) is 5.67. The fourth-order valence-corrected chi connectivity index (χ4v) is 2.95. The van der Waals surface area contributed by atoms with E-state index in [2.05, 4.69) is 21.0 Å². The van der Waals surface area contributed by atoms with Crippen molar-refractivity contribution >= 4 is 11.3 Å². The van der Waals surface area contributed by atoms with Crippen molar-refractivity contribution in [3.8, 4) is 0 Å². The average molecular weight is 225 g/mol. The van der Waals surface area contributed by atoms with E-state index in [1.54, 1.807) is 0 Å². The summed E-state index contributed by atoms with van der Waals surface area (Å²) >= 11 is 1.81. The summed E-state index contributed by atoms with van der Waals surface area (Å²) in [6, 6.07) is 0. The van der Waals surface area contributed by atoms with Gasteiger partial charge in [-0.25, -0.2) is 4.98 Å². The van der Waals surface area contributed by atoms with E-state index in [0.717, 1.165) is 12.5 Å². The summed E-state index contributed by atoms with van der Waals surface area (Å²) in [6.07, 6.45) is 3.79. The summed E-state index contributed by atoms with van der Waals surface area (Å²) in [7, 11) is 1.96. The Hall–Kier alpha value is -0.450. The van der Waals surface area contributed by atoms with Gasteiger partial charge in [-0.1, -0.05) is 0 Å². The average Bonchev–Trinajstić information content (AvgIpc) is 2.68. The van der Waals surface area contributed by atoms with Crippen molar-refractivity contribution in [3.63, 3.8) is 0 Å². The van der Waals surface area contributed by atoms with E-state index in [9.17, 15) is 0 Å². The van der Waals surface area contributed by atoms with E-state index < -0.39 is 0 Å². The number of rotatable bonds is 4. The lowest BCUT2D eigenvalue weighted by atomic mass is 9.95. The van der Waals surface area contributed by atoms with Crippen LogP contribution in [-0.2, 0) is 13.0 Å². The molecule has 1 aromatic rings. The summed E-state index contributed by atoms with van der Waals surface area (Å²) in [4.78, 5) is 4.63. The van der Waals surface area contributed by atoms with Crippen molar-refractivity contribution in [1.29, 1.82) is 0 Å². The molecule has 1 aliphatic rings. The van der Waals surface area contributed by atoms with Crippen molar-refractivity contribution < 1.29 is 0 Å². The minimum Gasteiger partial charge on any atom is -0.317 e. The van der Waals surface area contributed by atoms with E-state index >= 15 is 0 Å². The topological polar surface area (TPSA) is 37.0 Å². The van der Waals surface area contributed by atoms with Gasteiger partial charge in [0.1, 0.15) is 0 Å². The van der Waals surface area contributed by atoms with Crippen molar-refractivity contribution in [2.75, 3.05) is 20.1 Å². The molecule has 0 bridgehead atoms. The Bertz CT molecular complexity index is 292. The standard InChI is InChI=1S/C11H19N3S/c1-12-7-10-8-15-11(14-10)6-9-2-4-13-5-3-9/h8-9,12-13H,2-7H2,1H3. The molecule has 0 unspecified atom stereocenters. The molecule has 0 aliphatic carbocycles. The van der Waals surface area contributed by atoms with Crippen molar-refractivity contribution in [2.24, 2.45) is 5.92 Å². The first kappa shape index (κ1) is 11.0. The predicted molar refractivity (Wildman–Crippen MR) is 64.2 cm³/mol. The van der Waals surface area contributed by atoms with Gasteiger partial charge in [0.2, 0.25) is 0 Å². The van der Waals surface area contributed by atoms with Crippen LogP contribution in [0.2, 0.25) is 0 Å². The zero-order chi connectivity index (χ0) is 10.5. The minimum absolute atomic E-state index is 0.847. The maximum atomic E-state index is 4.63. The smallest absolute Gasteiger partial charge is 0.0931 e. The van der Waals surface area contributed by atoms with Gasteiger partial charge in [0.05, 0.1) is 10.7 Å². The zero-order valence-electron chi connectivity index (χ0n) is 9.25. The molecule has 1 aliphatic heterocycles. The highest BCUT2D eigenvalue weighted by atomic mass is 32.1. The highest BCUT2D eigenvalue weighted by Gasteiger charge is 2.15. The molecule has 2 heterocycles. The van der Waals surface area contributed by atoms with E-state index in [1.165, 1.54) is 43.1 Å². The monoisotopic (exact) mass is 225 g/mol. The fraction of sp³-hybridized carbons (Fsp3) is 0.727. The molecule has 15 heavy (non-hydrogen) atoms. The summed E-state index contributed by atoms with van der Waals surface area (Å²) in [5.41, 5.74) is 1.19. The lowest BCUT2D eigenvalue weighted by Gasteiger charge is -2.21. The number of nitrogens with one attached hydrogen (secondary N) is 2. The first-order chi connectivity index (χ1) is 7.38. The van der Waals surface area contributed by atoms with Gasteiger partial charge in [-0.05, 0) is 38.9 Å². The van der Waals surface area contributed by atoms with Gasteiger partial charge in [0, 0.05) is 18.3 Å². The Balaban J connectivity index is 1.86. The van der Waals surface area contributed by atoms with Gasteiger partial charge in [-0.2, -0.15) is 0 Å². The second kappa shape index (κ2) is 5.58. The van der Waals surface area contributed by atoms with Crippen LogP contribution in [0.3, 0.4) is 0 Å². The summed E-state index contributed by atoms with van der Waals surface area (Å²) in [5.74, 6) is 0.847. The van der Waals surface area contributed by atoms with Crippen LogP contribution < -0.4 is 10.6 Å². The number of piperidine rings is 1. The fourth-order valence-electron chi connectivity index (χ4n) is 2.04. The molecule has 0 spiro atoms. The van der Waals surface area contributed by atoms with Gasteiger partial charge in [0.25, 0.3) is 0 Å². The Morgan fingerprint density at radius 2 is 2.33 bits per heavy atom. The third kappa shape index (κ3) is 3.26. The van der Waals surface area contributed by atoms with Crippen LogP contribution in [0, 0.1) is 5.92 Å². The van der Waals surface area contributed by atoms with Gasteiger partial charge in [-0.15, -0.1) is 11.3 Å². The molecule has 2 rings (SSSR count). The summed E-state index contributed by atoms with van der Waals surface area (Å²) < 4.78 is 0. The molecular formula is C11H19N3S. The third-order valence-corrected chi connectivity index (χ3v) is 3.80. The SMILES string of the molecule is CNCc1csc(CC2CCNCC2)n1. The molecule has 0 saturated carbocycles. The Morgan fingerprint density at radius 1 is 1.53 bits per heavy atom. The maximum Gasteiger partial charge on any atom is 0.0931 e. The van der Waals surface area contributed by atoms with Crippen LogP contribution in [0.5, 0.6) is 0 Å². The van der Waals surface area contributed by atoms with Gasteiger partial charge in [0.15, 0.2) is 0 Å². The van der Waals surface area contributed by atoms with Crippen LogP contribution in [0.15, 0.2) is 5.38 Å². The lowest BCUT2D eigenvalue weighted by Crippen LogP contribution is -2.28. The molecule has 1 saturated heterocycles. The predicted octanol–water partition coefficient (Wildman–Crippen LogP) is 1.40. The Morgan fingerprint density at radius 3 is 3.07 bits per heavy atom. The quantitative estimate of drug-likeness (QED) is 0.813. The van der Waals surface area contributed by atoms with Crippen LogP contribution in [0.1, 0.15) is 23.5 Å². The van der Waals surface area contributed by atoms with E-state index in [-0.39, 0.29) is 0 Å². The second-order valence-corrected chi connectivity index (χ2v) is 5.10. The maximum absolute atomic E-state index is 4.63. The highest BCUT2D eigenvalue weighted by Crippen LogP contribution is 2.20. The van der Waals surface area contributed by atoms with Crippen molar-refractivity contribution in [2.45, 2.75) is 25.8 Å². The first-order valence-corrected chi connectivity index (χ1v) is 6.55. The zero-order valence-corrected chi connectivity index (χ0v) is 10.1. The number of nitrogens with zero attached hydrogens (tertiary/aromatic N) is 1. The number of hydrogen-bond acceptors (Lipinski definition) is 4. The van der Waals surface area contributed by atoms with Crippen LogP contribution in [0.25, 0.3) is 0 Å². The van der Waals surface area contributed by atoms with Crippen molar-refractivity contribution in [1.82, 2.24) is 15.6 Å². The van der Waals surface area contributed by atoms with E-state index in [4.69, 9.17) is 0 Å². The molecule has 1 fully saturated rings. The van der Waals surface area contributed by atoms with Crippen LogP contribution >= 0.6 is 11.3 Å². The minimum atomic E-state index is 0.847. The number of aromatic nitrogens is 1. The second-order valence-electron chi connectivity index (χ2n) is 4.16. The van der Waals surface area contributed by atoms with Crippen LogP contribution in [-0.4, -0.2) is 25.1 Å². The lowest BCUT2D eigenvalue weighted by molar-refractivity contribution is 0.372. The number of thiazole rings is 1. The number of hydrogen-bond donors (Lipinski definition) is 2. The summed E-state index contributed by atoms with van der Waals surface area (Å²) in [5, 5.41) is 10.0.